The van der Waals surface area contributed by atoms with Gasteiger partial charge in [0.1, 0.15) is 6.54 Å². The predicted octanol–water partition coefficient (Wildman–Crippen LogP) is 0.938. The van der Waals surface area contributed by atoms with Crippen molar-refractivity contribution in [2.24, 2.45) is 0 Å². The smallest absolute Gasteiger partial charge is 0.265 e. The van der Waals surface area contributed by atoms with Crippen molar-refractivity contribution < 1.29 is 4.79 Å². The fourth-order valence-electron chi connectivity index (χ4n) is 1.48. The molecule has 2 aromatic rings. The Balaban J connectivity index is 2.14. The van der Waals surface area contributed by atoms with E-state index in [-0.39, 0.29) is 6.54 Å². The van der Waals surface area contributed by atoms with Crippen LogP contribution in [-0.4, -0.2) is 15.7 Å². The maximum absolute atomic E-state index is 11.8. The van der Waals surface area contributed by atoms with Crippen LogP contribution in [0.2, 0.25) is 0 Å². The van der Waals surface area contributed by atoms with E-state index in [2.05, 4.69) is 26.3 Å². The van der Waals surface area contributed by atoms with E-state index in [0.29, 0.717) is 5.69 Å². The quantitative estimate of drug-likeness (QED) is 0.881. The molecule has 1 amide bonds. The Labute approximate surface area is 116 Å². The molecule has 6 nitrogen and oxygen atoms in total. The molecule has 0 fully saturated rings. The van der Waals surface area contributed by atoms with Crippen molar-refractivity contribution in [2.45, 2.75) is 6.54 Å². The van der Waals surface area contributed by atoms with Gasteiger partial charge in [0.2, 0.25) is 5.91 Å². The average Bonchev–Trinajstić information content (AvgIpc) is 2.37. The predicted molar refractivity (Wildman–Crippen MR) is 74.1 cm³/mol. The molecular formula is C12H10BrN3O3. The number of rotatable bonds is 3. The summed E-state index contributed by atoms with van der Waals surface area (Å²) in [5.74, 6) is -0.407. The number of aromatic nitrogens is 2. The first kappa shape index (κ1) is 13.3. The van der Waals surface area contributed by atoms with E-state index in [0.717, 1.165) is 21.3 Å². The summed E-state index contributed by atoms with van der Waals surface area (Å²) >= 11 is 3.30. The summed E-state index contributed by atoms with van der Waals surface area (Å²) in [6, 6.07) is 9.33. The fraction of sp³-hybridized carbons (Fsp3) is 0.0833. The normalized spacial score (nSPS) is 10.2. The van der Waals surface area contributed by atoms with Crippen LogP contribution in [0.15, 0.2) is 50.5 Å². The number of nitrogens with zero attached hydrogens (tertiary/aromatic N) is 1. The maximum Gasteiger partial charge on any atom is 0.265 e. The Morgan fingerprint density at radius 1 is 1.21 bits per heavy atom. The number of carbonyl (C=O) groups excluding carboxylic acids is 1. The molecule has 0 radical (unpaired) electrons. The van der Waals surface area contributed by atoms with Gasteiger partial charge >= 0.3 is 0 Å². The number of hydrogen-bond acceptors (Lipinski definition) is 3. The number of amides is 1. The van der Waals surface area contributed by atoms with Crippen molar-refractivity contribution in [3.63, 3.8) is 0 Å². The molecule has 0 aliphatic rings. The third-order valence-corrected chi connectivity index (χ3v) is 3.03. The summed E-state index contributed by atoms with van der Waals surface area (Å²) in [4.78, 5) is 34.3. The van der Waals surface area contributed by atoms with Crippen LogP contribution >= 0.6 is 15.9 Å². The highest BCUT2D eigenvalue weighted by atomic mass is 79.9. The van der Waals surface area contributed by atoms with Crippen LogP contribution in [0.3, 0.4) is 0 Å². The molecule has 0 spiro atoms. The lowest BCUT2D eigenvalue weighted by Crippen LogP contribution is -2.32. The Kier molecular flexibility index (Phi) is 3.96. The maximum atomic E-state index is 11.8. The molecule has 0 unspecified atom stereocenters. The SMILES string of the molecule is O=C(Cn1[nH]c(=O)ccc1=O)Nc1ccccc1Br. The molecule has 7 heteroatoms. The fourth-order valence-corrected chi connectivity index (χ4v) is 1.86. The van der Waals surface area contributed by atoms with Crippen molar-refractivity contribution in [1.29, 1.82) is 0 Å². The topological polar surface area (TPSA) is 84.0 Å². The zero-order valence-electron chi connectivity index (χ0n) is 9.72. The summed E-state index contributed by atoms with van der Waals surface area (Å²) in [7, 11) is 0. The van der Waals surface area contributed by atoms with E-state index < -0.39 is 17.0 Å². The number of benzene rings is 1. The first-order valence-electron chi connectivity index (χ1n) is 5.41. The molecule has 0 aliphatic carbocycles. The second-order valence-corrected chi connectivity index (χ2v) is 4.62. The average molecular weight is 324 g/mol. The molecule has 19 heavy (non-hydrogen) atoms. The lowest BCUT2D eigenvalue weighted by molar-refractivity contribution is -0.117. The summed E-state index contributed by atoms with van der Waals surface area (Å²) in [6.07, 6.45) is 0. The van der Waals surface area contributed by atoms with Crippen molar-refractivity contribution in [1.82, 2.24) is 9.78 Å². The highest BCUT2D eigenvalue weighted by Crippen LogP contribution is 2.20. The van der Waals surface area contributed by atoms with Crippen LogP contribution in [0.5, 0.6) is 0 Å². The van der Waals surface area contributed by atoms with Gasteiger partial charge in [0.15, 0.2) is 0 Å². The van der Waals surface area contributed by atoms with E-state index in [1.54, 1.807) is 18.2 Å². The molecule has 2 rings (SSSR count). The zero-order valence-corrected chi connectivity index (χ0v) is 11.3. The number of anilines is 1. The van der Waals surface area contributed by atoms with Gasteiger partial charge in [-0.25, -0.2) is 4.68 Å². The van der Waals surface area contributed by atoms with Gasteiger partial charge in [-0.1, -0.05) is 12.1 Å². The molecule has 0 aliphatic heterocycles. The van der Waals surface area contributed by atoms with Gasteiger partial charge in [0, 0.05) is 16.6 Å². The standard InChI is InChI=1S/C12H10BrN3O3/c13-8-3-1-2-4-9(8)14-11(18)7-16-12(19)6-5-10(17)15-16/h1-6H,7H2,(H,14,18)(H,15,17). The van der Waals surface area contributed by atoms with Crippen molar-refractivity contribution in [3.8, 4) is 0 Å². The Morgan fingerprint density at radius 2 is 1.95 bits per heavy atom. The number of nitrogens with one attached hydrogen (secondary N) is 2. The van der Waals surface area contributed by atoms with Gasteiger partial charge < -0.3 is 5.32 Å². The number of aromatic amines is 1. The highest BCUT2D eigenvalue weighted by molar-refractivity contribution is 9.10. The second kappa shape index (κ2) is 5.66. The minimum atomic E-state index is -0.443. The minimum Gasteiger partial charge on any atom is -0.323 e. The van der Waals surface area contributed by atoms with E-state index in [1.165, 1.54) is 0 Å². The van der Waals surface area contributed by atoms with Crippen LogP contribution in [0.4, 0.5) is 5.69 Å². The van der Waals surface area contributed by atoms with Crippen molar-refractivity contribution >= 4 is 27.5 Å². The molecule has 1 aromatic carbocycles. The summed E-state index contributed by atoms with van der Waals surface area (Å²) < 4.78 is 1.69. The Morgan fingerprint density at radius 3 is 2.68 bits per heavy atom. The van der Waals surface area contributed by atoms with Gasteiger partial charge in [-0.2, -0.15) is 0 Å². The van der Waals surface area contributed by atoms with Gasteiger partial charge in [-0.3, -0.25) is 19.5 Å². The molecular weight excluding hydrogens is 314 g/mol. The van der Waals surface area contributed by atoms with Gasteiger partial charge in [0.05, 0.1) is 5.69 Å². The lowest BCUT2D eigenvalue weighted by atomic mass is 10.3. The molecule has 0 saturated heterocycles. The second-order valence-electron chi connectivity index (χ2n) is 3.76. The molecule has 0 saturated carbocycles. The van der Waals surface area contributed by atoms with Crippen LogP contribution in [-0.2, 0) is 11.3 Å². The van der Waals surface area contributed by atoms with E-state index in [4.69, 9.17) is 0 Å². The first-order chi connectivity index (χ1) is 9.06. The molecule has 0 atom stereocenters. The molecule has 0 bridgehead atoms. The van der Waals surface area contributed by atoms with Crippen molar-refractivity contribution in [3.05, 3.63) is 61.6 Å². The van der Waals surface area contributed by atoms with E-state index in [9.17, 15) is 14.4 Å². The van der Waals surface area contributed by atoms with Gasteiger partial charge in [0.25, 0.3) is 11.1 Å². The highest BCUT2D eigenvalue weighted by Gasteiger charge is 2.07. The third kappa shape index (κ3) is 3.41. The van der Waals surface area contributed by atoms with Gasteiger partial charge in [-0.15, -0.1) is 0 Å². The minimum absolute atomic E-state index is 0.254. The van der Waals surface area contributed by atoms with Crippen LogP contribution in [0.1, 0.15) is 0 Å². The Hall–Kier alpha value is -2.15. The molecule has 1 heterocycles. The zero-order chi connectivity index (χ0) is 13.8. The molecule has 2 N–H and O–H groups in total. The first-order valence-corrected chi connectivity index (χ1v) is 6.20. The Bertz CT molecular complexity index is 720. The van der Waals surface area contributed by atoms with E-state index >= 15 is 0 Å². The molecule has 98 valence electrons. The van der Waals surface area contributed by atoms with E-state index in [1.807, 2.05) is 6.07 Å². The monoisotopic (exact) mass is 323 g/mol. The summed E-state index contributed by atoms with van der Waals surface area (Å²) in [6.45, 7) is -0.254. The number of para-hydroxylation sites is 1. The molecule has 1 aromatic heterocycles. The lowest BCUT2D eigenvalue weighted by Gasteiger charge is -2.08. The van der Waals surface area contributed by atoms with Crippen molar-refractivity contribution in [2.75, 3.05) is 5.32 Å². The largest absolute Gasteiger partial charge is 0.323 e. The van der Waals surface area contributed by atoms with Crippen LogP contribution in [0, 0.1) is 0 Å². The van der Waals surface area contributed by atoms with Crippen LogP contribution in [0.25, 0.3) is 0 Å². The number of halogens is 1. The number of hydrogen-bond donors (Lipinski definition) is 2. The van der Waals surface area contributed by atoms with Gasteiger partial charge in [-0.05, 0) is 28.1 Å². The third-order valence-electron chi connectivity index (χ3n) is 2.34. The summed E-state index contributed by atoms with van der Waals surface area (Å²) in [5.41, 5.74) is -0.283. The summed E-state index contributed by atoms with van der Waals surface area (Å²) in [5, 5.41) is 4.92. The van der Waals surface area contributed by atoms with Crippen LogP contribution < -0.4 is 16.4 Å². The number of H-pyrrole nitrogens is 1. The number of carbonyl (C=O) groups is 1.